The van der Waals surface area contributed by atoms with E-state index in [0.717, 1.165) is 19.3 Å². The van der Waals surface area contributed by atoms with E-state index in [4.69, 9.17) is 10.8 Å². The highest BCUT2D eigenvalue weighted by Gasteiger charge is 2.24. The molecule has 0 rings (SSSR count). The Bertz CT molecular complexity index is 232. The van der Waals surface area contributed by atoms with Gasteiger partial charge in [-0.15, -0.1) is 0 Å². The van der Waals surface area contributed by atoms with E-state index in [1.807, 2.05) is 6.92 Å². The van der Waals surface area contributed by atoms with E-state index in [1.165, 1.54) is 0 Å². The molecule has 0 aromatic carbocycles. The Morgan fingerprint density at radius 3 is 2.33 bits per heavy atom. The molecule has 0 aliphatic carbocycles. The molecule has 0 aliphatic heterocycles. The van der Waals surface area contributed by atoms with Crippen LogP contribution in [0.2, 0.25) is 0 Å². The van der Waals surface area contributed by atoms with Gasteiger partial charge in [0.05, 0.1) is 12.6 Å². The van der Waals surface area contributed by atoms with Gasteiger partial charge >= 0.3 is 0 Å². The van der Waals surface area contributed by atoms with Crippen LogP contribution in [0.5, 0.6) is 0 Å². The number of nitrogens with two attached hydrogens (primary N) is 1. The highest BCUT2D eigenvalue weighted by Crippen LogP contribution is 2.31. The Morgan fingerprint density at radius 2 is 1.94 bits per heavy atom. The van der Waals surface area contributed by atoms with Crippen LogP contribution in [0.25, 0.3) is 0 Å². The van der Waals surface area contributed by atoms with Gasteiger partial charge in [-0.05, 0) is 37.1 Å². The molecular weight excluding hydrogens is 228 g/mol. The van der Waals surface area contributed by atoms with Gasteiger partial charge in [-0.25, -0.2) is 0 Å². The first kappa shape index (κ1) is 17.4. The Labute approximate surface area is 111 Å². The molecule has 108 valence electrons. The maximum atomic E-state index is 11.8. The molecule has 1 amide bonds. The van der Waals surface area contributed by atoms with Crippen LogP contribution < -0.4 is 11.1 Å². The molecule has 0 aromatic heterocycles. The molecule has 2 unspecified atom stereocenters. The second kappa shape index (κ2) is 8.48. The molecule has 0 fully saturated rings. The fourth-order valence-electron chi connectivity index (χ4n) is 2.09. The molecule has 0 spiro atoms. The number of carbonyl (C=O) groups is 1. The summed E-state index contributed by atoms with van der Waals surface area (Å²) in [5, 5.41) is 11.9. The number of hydrogen-bond acceptors (Lipinski definition) is 3. The fraction of sp³-hybridized carbons (Fsp3) is 0.929. The molecule has 0 saturated carbocycles. The molecule has 0 aromatic rings. The van der Waals surface area contributed by atoms with E-state index < -0.39 is 0 Å². The maximum absolute atomic E-state index is 11.8. The fourth-order valence-corrected chi connectivity index (χ4v) is 2.09. The molecule has 4 nitrogen and oxygen atoms in total. The Kier molecular flexibility index (Phi) is 8.20. The standard InChI is InChI=1S/C14H30N2O2/c1-5-12(10-17)16-13(18)7-6-11(8-9-15)14(2,3)4/h11-12,17H,5-10,15H2,1-4H3,(H,16,18). The zero-order chi connectivity index (χ0) is 14.2. The van der Waals surface area contributed by atoms with E-state index in [-0.39, 0.29) is 24.0 Å². The van der Waals surface area contributed by atoms with E-state index in [9.17, 15) is 4.79 Å². The third kappa shape index (κ3) is 6.97. The molecule has 0 aliphatic rings. The number of hydrogen-bond donors (Lipinski definition) is 3. The lowest BCUT2D eigenvalue weighted by Gasteiger charge is -2.30. The van der Waals surface area contributed by atoms with Gasteiger partial charge in [0, 0.05) is 6.42 Å². The van der Waals surface area contributed by atoms with E-state index in [2.05, 4.69) is 26.1 Å². The zero-order valence-corrected chi connectivity index (χ0v) is 12.3. The molecule has 4 heteroatoms. The van der Waals surface area contributed by atoms with Gasteiger partial charge in [0.1, 0.15) is 0 Å². The van der Waals surface area contributed by atoms with Crippen LogP contribution in [0.1, 0.15) is 53.4 Å². The largest absolute Gasteiger partial charge is 0.394 e. The summed E-state index contributed by atoms with van der Waals surface area (Å²) < 4.78 is 0. The third-order valence-corrected chi connectivity index (χ3v) is 3.54. The quantitative estimate of drug-likeness (QED) is 0.620. The van der Waals surface area contributed by atoms with Gasteiger partial charge in [0.15, 0.2) is 0 Å². The maximum Gasteiger partial charge on any atom is 0.220 e. The van der Waals surface area contributed by atoms with Crippen LogP contribution in [0, 0.1) is 11.3 Å². The van der Waals surface area contributed by atoms with Gasteiger partial charge in [-0.1, -0.05) is 27.7 Å². The summed E-state index contributed by atoms with van der Waals surface area (Å²) in [7, 11) is 0. The summed E-state index contributed by atoms with van der Waals surface area (Å²) in [5.74, 6) is 0.490. The summed E-state index contributed by atoms with van der Waals surface area (Å²) in [6.07, 6.45) is 3.08. The van der Waals surface area contributed by atoms with Gasteiger partial charge in [0.2, 0.25) is 5.91 Å². The molecule has 0 radical (unpaired) electrons. The summed E-state index contributed by atoms with van der Waals surface area (Å²) in [6.45, 7) is 9.19. The van der Waals surface area contributed by atoms with Gasteiger partial charge in [-0.2, -0.15) is 0 Å². The van der Waals surface area contributed by atoms with Crippen molar-refractivity contribution < 1.29 is 9.90 Å². The lowest BCUT2D eigenvalue weighted by molar-refractivity contribution is -0.122. The van der Waals surface area contributed by atoms with Crippen LogP contribution in [-0.2, 0) is 4.79 Å². The summed E-state index contributed by atoms with van der Waals surface area (Å²) in [4.78, 5) is 11.8. The lowest BCUT2D eigenvalue weighted by Crippen LogP contribution is -2.37. The van der Waals surface area contributed by atoms with Gasteiger partial charge in [-0.3, -0.25) is 4.79 Å². The minimum absolute atomic E-state index is 0.00768. The number of carbonyl (C=O) groups excluding carboxylic acids is 1. The Balaban J connectivity index is 4.15. The third-order valence-electron chi connectivity index (χ3n) is 3.54. The molecule has 0 saturated heterocycles. The van der Waals surface area contributed by atoms with Crippen LogP contribution >= 0.6 is 0 Å². The normalized spacial score (nSPS) is 15.2. The smallest absolute Gasteiger partial charge is 0.220 e. The van der Waals surface area contributed by atoms with Crippen LogP contribution in [0.15, 0.2) is 0 Å². The highest BCUT2D eigenvalue weighted by atomic mass is 16.3. The number of rotatable bonds is 8. The average molecular weight is 258 g/mol. The van der Waals surface area contributed by atoms with Crippen LogP contribution in [-0.4, -0.2) is 30.2 Å². The zero-order valence-electron chi connectivity index (χ0n) is 12.3. The van der Waals surface area contributed by atoms with Crippen molar-refractivity contribution in [1.29, 1.82) is 0 Å². The number of amides is 1. The van der Waals surface area contributed by atoms with Crippen molar-refractivity contribution in [3.8, 4) is 0 Å². The van der Waals surface area contributed by atoms with Gasteiger partial charge in [0.25, 0.3) is 0 Å². The number of aliphatic hydroxyl groups is 1. The van der Waals surface area contributed by atoms with Crippen LogP contribution in [0.3, 0.4) is 0 Å². The molecular formula is C14H30N2O2. The van der Waals surface area contributed by atoms with Crippen molar-refractivity contribution in [3.63, 3.8) is 0 Å². The first-order valence-electron chi connectivity index (χ1n) is 6.95. The molecule has 0 bridgehead atoms. The Hall–Kier alpha value is -0.610. The molecule has 2 atom stereocenters. The summed E-state index contributed by atoms with van der Waals surface area (Å²) in [6, 6.07) is -0.111. The topological polar surface area (TPSA) is 75.3 Å². The predicted octanol–water partition coefficient (Wildman–Crippen LogP) is 1.66. The summed E-state index contributed by atoms with van der Waals surface area (Å²) in [5.41, 5.74) is 5.80. The second-order valence-electron chi connectivity index (χ2n) is 6.03. The number of nitrogens with one attached hydrogen (secondary N) is 1. The lowest BCUT2D eigenvalue weighted by atomic mass is 9.76. The van der Waals surface area contributed by atoms with Crippen LogP contribution in [0.4, 0.5) is 0 Å². The van der Waals surface area contributed by atoms with E-state index >= 15 is 0 Å². The van der Waals surface area contributed by atoms with Crippen molar-refractivity contribution in [1.82, 2.24) is 5.32 Å². The number of aliphatic hydroxyl groups excluding tert-OH is 1. The monoisotopic (exact) mass is 258 g/mol. The predicted molar refractivity (Wildman–Crippen MR) is 75.2 cm³/mol. The highest BCUT2D eigenvalue weighted by molar-refractivity contribution is 5.76. The van der Waals surface area contributed by atoms with Gasteiger partial charge < -0.3 is 16.2 Å². The van der Waals surface area contributed by atoms with E-state index in [1.54, 1.807) is 0 Å². The van der Waals surface area contributed by atoms with Crippen molar-refractivity contribution in [3.05, 3.63) is 0 Å². The van der Waals surface area contributed by atoms with Crippen molar-refractivity contribution >= 4 is 5.91 Å². The molecule has 4 N–H and O–H groups in total. The minimum Gasteiger partial charge on any atom is -0.394 e. The average Bonchev–Trinajstić information content (AvgIpc) is 2.29. The Morgan fingerprint density at radius 1 is 1.33 bits per heavy atom. The van der Waals surface area contributed by atoms with E-state index in [0.29, 0.717) is 18.9 Å². The molecule has 0 heterocycles. The molecule has 18 heavy (non-hydrogen) atoms. The van der Waals surface area contributed by atoms with Crippen molar-refractivity contribution in [2.24, 2.45) is 17.1 Å². The minimum atomic E-state index is -0.111. The van der Waals surface area contributed by atoms with Crippen molar-refractivity contribution in [2.75, 3.05) is 13.2 Å². The SMILES string of the molecule is CCC(CO)NC(=O)CCC(CCN)C(C)(C)C. The summed E-state index contributed by atoms with van der Waals surface area (Å²) >= 11 is 0. The second-order valence-corrected chi connectivity index (χ2v) is 6.03. The first-order valence-corrected chi connectivity index (χ1v) is 6.95. The first-order chi connectivity index (χ1) is 8.35. The van der Waals surface area contributed by atoms with Crippen molar-refractivity contribution in [2.45, 2.75) is 59.4 Å².